The predicted molar refractivity (Wildman–Crippen MR) is 57.7 cm³/mol. The lowest BCUT2D eigenvalue weighted by molar-refractivity contribution is 0.273. The molecule has 0 saturated carbocycles. The van der Waals surface area contributed by atoms with Gasteiger partial charge in [0, 0.05) is 16.6 Å². The van der Waals surface area contributed by atoms with E-state index in [4.69, 9.17) is 15.7 Å². The van der Waals surface area contributed by atoms with Gasteiger partial charge in [0.15, 0.2) is 6.10 Å². The van der Waals surface area contributed by atoms with Crippen molar-refractivity contribution >= 4 is 15.9 Å². The Morgan fingerprint density at radius 3 is 2.93 bits per heavy atom. The second-order valence-electron chi connectivity index (χ2n) is 2.85. The monoisotopic (exact) mass is 254 g/mol. The number of nitrogens with zero attached hydrogens (tertiary/aromatic N) is 1. The number of halogens is 1. The molecule has 0 aromatic heterocycles. The van der Waals surface area contributed by atoms with E-state index in [1.807, 2.05) is 18.2 Å². The zero-order valence-corrected chi connectivity index (χ0v) is 9.41. The first-order chi connectivity index (χ1) is 6.67. The zero-order valence-electron chi connectivity index (χ0n) is 7.83. The highest BCUT2D eigenvalue weighted by Crippen LogP contribution is 2.23. The van der Waals surface area contributed by atoms with Gasteiger partial charge in [-0.15, -0.1) is 0 Å². The Balaban J connectivity index is 2.92. The second-order valence-corrected chi connectivity index (χ2v) is 3.76. The molecule has 1 aromatic rings. The molecule has 4 heteroatoms. The highest BCUT2D eigenvalue weighted by Gasteiger charge is 2.06. The molecule has 0 spiro atoms. The van der Waals surface area contributed by atoms with Gasteiger partial charge in [-0.25, -0.2) is 0 Å². The van der Waals surface area contributed by atoms with Crippen molar-refractivity contribution < 1.29 is 4.74 Å². The largest absolute Gasteiger partial charge is 0.476 e. The Morgan fingerprint density at radius 2 is 2.36 bits per heavy atom. The molecule has 0 aliphatic heterocycles. The summed E-state index contributed by atoms with van der Waals surface area (Å²) >= 11 is 3.34. The van der Waals surface area contributed by atoms with E-state index in [0.29, 0.717) is 12.3 Å². The van der Waals surface area contributed by atoms with E-state index in [1.165, 1.54) is 0 Å². The molecular formula is C10H11BrN2O. The van der Waals surface area contributed by atoms with E-state index in [2.05, 4.69) is 15.9 Å². The lowest BCUT2D eigenvalue weighted by Gasteiger charge is -2.11. The number of rotatable bonds is 3. The van der Waals surface area contributed by atoms with E-state index in [0.717, 1.165) is 10.0 Å². The molecule has 0 aliphatic carbocycles. The number of hydrogen-bond acceptors (Lipinski definition) is 3. The maximum Gasteiger partial charge on any atom is 0.181 e. The average molecular weight is 255 g/mol. The number of benzene rings is 1. The first-order valence-electron chi connectivity index (χ1n) is 4.22. The molecule has 1 aromatic carbocycles. The number of ether oxygens (including phenoxy) is 1. The lowest BCUT2D eigenvalue weighted by atomic mass is 10.2. The van der Waals surface area contributed by atoms with Crippen LogP contribution in [-0.4, -0.2) is 6.10 Å². The van der Waals surface area contributed by atoms with Crippen LogP contribution in [0.25, 0.3) is 0 Å². The van der Waals surface area contributed by atoms with Crippen molar-refractivity contribution in [2.75, 3.05) is 0 Å². The van der Waals surface area contributed by atoms with Gasteiger partial charge < -0.3 is 10.5 Å². The molecule has 0 fully saturated rings. The number of nitrogens with two attached hydrogens (primary N) is 1. The molecule has 1 unspecified atom stereocenters. The van der Waals surface area contributed by atoms with Crippen LogP contribution < -0.4 is 10.5 Å². The third-order valence-electron chi connectivity index (χ3n) is 1.73. The SMILES string of the molecule is CC(C#N)Oc1ccc(Br)cc1CN. The summed E-state index contributed by atoms with van der Waals surface area (Å²) < 4.78 is 6.33. The van der Waals surface area contributed by atoms with Crippen LogP contribution in [0.4, 0.5) is 0 Å². The molecule has 1 atom stereocenters. The van der Waals surface area contributed by atoms with Crippen LogP contribution in [-0.2, 0) is 6.54 Å². The summed E-state index contributed by atoms with van der Waals surface area (Å²) in [5.74, 6) is 0.671. The summed E-state index contributed by atoms with van der Waals surface area (Å²) in [5, 5.41) is 8.60. The minimum atomic E-state index is -0.457. The first-order valence-corrected chi connectivity index (χ1v) is 5.01. The molecule has 3 nitrogen and oxygen atoms in total. The van der Waals surface area contributed by atoms with E-state index in [-0.39, 0.29) is 0 Å². The van der Waals surface area contributed by atoms with Crippen molar-refractivity contribution in [1.82, 2.24) is 0 Å². The summed E-state index contributed by atoms with van der Waals surface area (Å²) in [4.78, 5) is 0. The van der Waals surface area contributed by atoms with E-state index < -0.39 is 6.10 Å². The third kappa shape index (κ3) is 2.72. The maximum atomic E-state index is 8.60. The Hall–Kier alpha value is -1.05. The second kappa shape index (κ2) is 4.99. The van der Waals surface area contributed by atoms with Gasteiger partial charge in [0.05, 0.1) is 0 Å². The van der Waals surface area contributed by atoms with Crippen molar-refractivity contribution in [1.29, 1.82) is 5.26 Å². The highest BCUT2D eigenvalue weighted by molar-refractivity contribution is 9.10. The molecule has 0 aliphatic rings. The van der Waals surface area contributed by atoms with Crippen molar-refractivity contribution in [3.05, 3.63) is 28.2 Å². The quantitative estimate of drug-likeness (QED) is 0.900. The Kier molecular flexibility index (Phi) is 3.93. The van der Waals surface area contributed by atoms with Crippen LogP contribution >= 0.6 is 15.9 Å². The van der Waals surface area contributed by atoms with Crippen LogP contribution in [0.1, 0.15) is 12.5 Å². The molecule has 0 radical (unpaired) electrons. The lowest BCUT2D eigenvalue weighted by Crippen LogP contribution is -2.11. The van der Waals surface area contributed by atoms with Gasteiger partial charge in [0.1, 0.15) is 11.8 Å². The van der Waals surface area contributed by atoms with Crippen molar-refractivity contribution in [3.8, 4) is 11.8 Å². The smallest absolute Gasteiger partial charge is 0.181 e. The summed E-state index contributed by atoms with van der Waals surface area (Å²) in [7, 11) is 0. The van der Waals surface area contributed by atoms with Gasteiger partial charge >= 0.3 is 0 Å². The summed E-state index contributed by atoms with van der Waals surface area (Å²) in [6, 6.07) is 7.56. The van der Waals surface area contributed by atoms with Crippen LogP contribution in [0.15, 0.2) is 22.7 Å². The zero-order chi connectivity index (χ0) is 10.6. The predicted octanol–water partition coefficient (Wildman–Crippen LogP) is 2.20. The van der Waals surface area contributed by atoms with Gasteiger partial charge in [-0.3, -0.25) is 0 Å². The fourth-order valence-corrected chi connectivity index (χ4v) is 1.45. The number of nitriles is 1. The van der Waals surface area contributed by atoms with Crippen molar-refractivity contribution in [2.45, 2.75) is 19.6 Å². The minimum Gasteiger partial charge on any atom is -0.476 e. The summed E-state index contributed by atoms with van der Waals surface area (Å²) in [6.07, 6.45) is -0.457. The van der Waals surface area contributed by atoms with E-state index >= 15 is 0 Å². The molecule has 0 amide bonds. The molecule has 2 N–H and O–H groups in total. The van der Waals surface area contributed by atoms with Crippen LogP contribution in [0.3, 0.4) is 0 Å². The third-order valence-corrected chi connectivity index (χ3v) is 2.22. The van der Waals surface area contributed by atoms with Crippen molar-refractivity contribution in [3.63, 3.8) is 0 Å². The normalized spacial score (nSPS) is 11.9. The first kappa shape index (κ1) is 11.0. The Morgan fingerprint density at radius 1 is 1.64 bits per heavy atom. The molecule has 74 valence electrons. The molecular weight excluding hydrogens is 244 g/mol. The maximum absolute atomic E-state index is 8.60. The fraction of sp³-hybridized carbons (Fsp3) is 0.300. The van der Waals surface area contributed by atoms with E-state index in [9.17, 15) is 0 Å². The van der Waals surface area contributed by atoms with Gasteiger partial charge in [0.2, 0.25) is 0 Å². The molecule has 0 heterocycles. The standard InChI is InChI=1S/C10H11BrN2O/c1-7(5-12)14-10-3-2-9(11)4-8(10)6-13/h2-4,7H,6,13H2,1H3. The Labute approximate surface area is 91.6 Å². The van der Waals surface area contributed by atoms with Crippen molar-refractivity contribution in [2.24, 2.45) is 5.73 Å². The molecule has 0 saturated heterocycles. The van der Waals surface area contributed by atoms with Gasteiger partial charge in [0.25, 0.3) is 0 Å². The van der Waals surface area contributed by atoms with Crippen LogP contribution in [0.5, 0.6) is 5.75 Å². The topological polar surface area (TPSA) is 59.0 Å². The van der Waals surface area contributed by atoms with Crippen LogP contribution in [0, 0.1) is 11.3 Å². The van der Waals surface area contributed by atoms with Gasteiger partial charge in [-0.05, 0) is 25.1 Å². The molecule has 1 rings (SSSR count). The molecule has 14 heavy (non-hydrogen) atoms. The highest BCUT2D eigenvalue weighted by atomic mass is 79.9. The fourth-order valence-electron chi connectivity index (χ4n) is 1.04. The Bertz CT molecular complexity index is 360. The summed E-state index contributed by atoms with van der Waals surface area (Å²) in [5.41, 5.74) is 6.44. The number of hydrogen-bond donors (Lipinski definition) is 1. The summed E-state index contributed by atoms with van der Waals surface area (Å²) in [6.45, 7) is 2.09. The minimum absolute atomic E-state index is 0.396. The van der Waals surface area contributed by atoms with Gasteiger partial charge in [-0.2, -0.15) is 5.26 Å². The molecule has 0 bridgehead atoms. The van der Waals surface area contributed by atoms with Gasteiger partial charge in [-0.1, -0.05) is 15.9 Å². The van der Waals surface area contributed by atoms with Crippen LogP contribution in [0.2, 0.25) is 0 Å². The van der Waals surface area contributed by atoms with E-state index in [1.54, 1.807) is 13.0 Å². The average Bonchev–Trinajstić information content (AvgIpc) is 2.20.